The first kappa shape index (κ1) is 11.4. The first-order valence-corrected chi connectivity index (χ1v) is 6.23. The first-order chi connectivity index (χ1) is 6.58. The van der Waals surface area contributed by atoms with Crippen LogP contribution in [0.15, 0.2) is 6.07 Å². The van der Waals surface area contributed by atoms with E-state index in [0.29, 0.717) is 18.1 Å². The molecule has 0 amide bonds. The van der Waals surface area contributed by atoms with E-state index in [1.54, 1.807) is 12.3 Å². The molecule has 1 atom stereocenters. The lowest BCUT2D eigenvalue weighted by Gasteiger charge is -2.04. The van der Waals surface area contributed by atoms with Crippen molar-refractivity contribution in [1.29, 1.82) is 0 Å². The number of anilines is 1. The smallest absolute Gasteiger partial charge is 0.224 e. The third-order valence-corrected chi connectivity index (χ3v) is 2.47. The van der Waals surface area contributed by atoms with Crippen molar-refractivity contribution in [3.8, 4) is 0 Å². The summed E-state index contributed by atoms with van der Waals surface area (Å²) >= 11 is 5.67. The van der Waals surface area contributed by atoms with Crippen LogP contribution in [-0.4, -0.2) is 32.7 Å². The Morgan fingerprint density at radius 1 is 1.57 bits per heavy atom. The number of hydrogen-bond acceptors (Lipinski definition) is 4. The van der Waals surface area contributed by atoms with Gasteiger partial charge in [-0.05, 0) is 18.5 Å². The van der Waals surface area contributed by atoms with Gasteiger partial charge in [0.1, 0.15) is 5.82 Å². The van der Waals surface area contributed by atoms with Gasteiger partial charge in [0, 0.05) is 41.1 Å². The molecule has 0 aliphatic rings. The maximum atomic E-state index is 10.8. The van der Waals surface area contributed by atoms with Gasteiger partial charge < -0.3 is 5.32 Å². The molecule has 0 spiro atoms. The van der Waals surface area contributed by atoms with Crippen molar-refractivity contribution < 1.29 is 4.21 Å². The summed E-state index contributed by atoms with van der Waals surface area (Å²) in [5.41, 5.74) is 0.810. The van der Waals surface area contributed by atoms with Crippen LogP contribution in [0.1, 0.15) is 5.69 Å². The van der Waals surface area contributed by atoms with Crippen molar-refractivity contribution >= 4 is 28.2 Å². The van der Waals surface area contributed by atoms with Gasteiger partial charge >= 0.3 is 0 Å². The number of nitrogens with one attached hydrogen (secondary N) is 1. The molecular formula is C8H12ClN3OS. The summed E-state index contributed by atoms with van der Waals surface area (Å²) in [7, 11) is -0.789. The third-order valence-electron chi connectivity index (χ3n) is 1.52. The monoisotopic (exact) mass is 233 g/mol. The Hall–Kier alpha value is -0.680. The topological polar surface area (TPSA) is 54.9 Å². The van der Waals surface area contributed by atoms with Crippen molar-refractivity contribution in [2.45, 2.75) is 6.92 Å². The molecular weight excluding hydrogens is 222 g/mol. The summed E-state index contributed by atoms with van der Waals surface area (Å²) in [6.45, 7) is 2.46. The molecule has 6 heteroatoms. The van der Waals surface area contributed by atoms with Crippen LogP contribution in [0.3, 0.4) is 0 Å². The molecule has 0 aliphatic carbocycles. The maximum Gasteiger partial charge on any atom is 0.224 e. The maximum absolute atomic E-state index is 10.8. The fraction of sp³-hybridized carbons (Fsp3) is 0.500. The largest absolute Gasteiger partial charge is 0.369 e. The summed E-state index contributed by atoms with van der Waals surface area (Å²) in [5, 5.41) is 3.26. The van der Waals surface area contributed by atoms with Crippen LogP contribution in [0, 0.1) is 6.92 Å². The molecule has 4 nitrogen and oxygen atoms in total. The van der Waals surface area contributed by atoms with E-state index in [4.69, 9.17) is 11.6 Å². The van der Waals surface area contributed by atoms with E-state index in [0.717, 1.165) is 5.69 Å². The minimum atomic E-state index is -0.789. The van der Waals surface area contributed by atoms with Gasteiger partial charge in [0.15, 0.2) is 0 Å². The fourth-order valence-electron chi connectivity index (χ4n) is 0.946. The van der Waals surface area contributed by atoms with Crippen LogP contribution in [0.25, 0.3) is 0 Å². The summed E-state index contributed by atoms with van der Waals surface area (Å²) in [5.74, 6) is 1.27. The zero-order valence-electron chi connectivity index (χ0n) is 8.08. The van der Waals surface area contributed by atoms with E-state index in [1.165, 1.54) is 0 Å². The van der Waals surface area contributed by atoms with Gasteiger partial charge in [-0.25, -0.2) is 9.97 Å². The van der Waals surface area contributed by atoms with E-state index in [-0.39, 0.29) is 5.28 Å². The molecule has 0 radical (unpaired) electrons. The molecule has 1 aromatic rings. The van der Waals surface area contributed by atoms with Crippen LogP contribution >= 0.6 is 11.6 Å². The van der Waals surface area contributed by atoms with Crippen molar-refractivity contribution in [3.05, 3.63) is 17.0 Å². The van der Waals surface area contributed by atoms with Crippen molar-refractivity contribution in [2.75, 3.05) is 23.9 Å². The van der Waals surface area contributed by atoms with Gasteiger partial charge in [-0.2, -0.15) is 0 Å². The lowest BCUT2D eigenvalue weighted by molar-refractivity contribution is 0.687. The average molecular weight is 234 g/mol. The molecule has 0 fully saturated rings. The standard InChI is InChI=1S/C8H12ClN3OS/c1-6-5-7(12-8(9)11-6)10-3-4-14(2)13/h5H,3-4H2,1-2H3,(H,10,11,12). The Kier molecular flexibility index (Phi) is 4.28. The zero-order chi connectivity index (χ0) is 10.6. The van der Waals surface area contributed by atoms with Gasteiger partial charge in [-0.15, -0.1) is 0 Å². The van der Waals surface area contributed by atoms with Crippen molar-refractivity contribution in [2.24, 2.45) is 0 Å². The summed E-state index contributed by atoms with van der Waals surface area (Å²) < 4.78 is 10.8. The second-order valence-corrected chi connectivity index (χ2v) is 4.76. The molecule has 0 aliphatic heterocycles. The lowest BCUT2D eigenvalue weighted by atomic mass is 10.4. The summed E-state index contributed by atoms with van der Waals surface area (Å²) in [6, 6.07) is 1.80. The Bertz CT molecular complexity index is 325. The van der Waals surface area contributed by atoms with Crippen molar-refractivity contribution in [3.63, 3.8) is 0 Å². The molecule has 0 aromatic carbocycles. The molecule has 14 heavy (non-hydrogen) atoms. The molecule has 0 saturated carbocycles. The predicted molar refractivity (Wildman–Crippen MR) is 59.2 cm³/mol. The molecule has 78 valence electrons. The Labute approximate surface area is 90.6 Å². The molecule has 0 bridgehead atoms. The van der Waals surface area contributed by atoms with Crippen LogP contribution in [0.5, 0.6) is 0 Å². The minimum Gasteiger partial charge on any atom is -0.369 e. The number of aryl methyl sites for hydroxylation is 1. The minimum absolute atomic E-state index is 0.227. The Morgan fingerprint density at radius 3 is 2.86 bits per heavy atom. The highest BCUT2D eigenvalue weighted by Gasteiger charge is 1.99. The third kappa shape index (κ3) is 4.02. The molecule has 1 N–H and O–H groups in total. The van der Waals surface area contributed by atoms with Crippen LogP contribution in [0.2, 0.25) is 5.28 Å². The number of nitrogens with zero attached hydrogens (tertiary/aromatic N) is 2. The molecule has 1 heterocycles. The fourth-order valence-corrected chi connectivity index (χ4v) is 1.56. The molecule has 1 unspecified atom stereocenters. The van der Waals surface area contributed by atoms with E-state index in [2.05, 4.69) is 15.3 Å². The second-order valence-electron chi connectivity index (χ2n) is 2.87. The van der Waals surface area contributed by atoms with Crippen molar-refractivity contribution in [1.82, 2.24) is 9.97 Å². The highest BCUT2D eigenvalue weighted by Crippen LogP contribution is 2.08. The summed E-state index contributed by atoms with van der Waals surface area (Å²) in [6.07, 6.45) is 1.67. The number of aromatic nitrogens is 2. The quantitative estimate of drug-likeness (QED) is 0.795. The molecule has 1 rings (SSSR count). The van der Waals surface area contributed by atoms with Gasteiger partial charge in [-0.1, -0.05) is 0 Å². The van der Waals surface area contributed by atoms with Crippen LogP contribution in [-0.2, 0) is 10.8 Å². The molecule has 1 aromatic heterocycles. The van der Waals surface area contributed by atoms with Gasteiger partial charge in [0.2, 0.25) is 5.28 Å². The predicted octanol–water partition coefficient (Wildman–Crippen LogP) is 1.23. The lowest BCUT2D eigenvalue weighted by Crippen LogP contribution is -2.11. The van der Waals surface area contributed by atoms with Crippen LogP contribution < -0.4 is 5.32 Å². The van der Waals surface area contributed by atoms with E-state index >= 15 is 0 Å². The normalized spacial score (nSPS) is 12.5. The van der Waals surface area contributed by atoms with Crippen LogP contribution in [0.4, 0.5) is 5.82 Å². The van der Waals surface area contributed by atoms with E-state index < -0.39 is 10.8 Å². The van der Waals surface area contributed by atoms with E-state index in [1.807, 2.05) is 6.92 Å². The second kappa shape index (κ2) is 5.26. The average Bonchev–Trinajstić information content (AvgIpc) is 2.01. The highest BCUT2D eigenvalue weighted by atomic mass is 35.5. The number of hydrogen-bond donors (Lipinski definition) is 1. The Morgan fingerprint density at radius 2 is 2.29 bits per heavy atom. The number of halogens is 1. The molecule has 0 saturated heterocycles. The zero-order valence-corrected chi connectivity index (χ0v) is 9.65. The van der Waals surface area contributed by atoms with Gasteiger partial charge in [-0.3, -0.25) is 4.21 Å². The number of rotatable bonds is 4. The van der Waals surface area contributed by atoms with E-state index in [9.17, 15) is 4.21 Å². The van der Waals surface area contributed by atoms with Gasteiger partial charge in [0.25, 0.3) is 0 Å². The van der Waals surface area contributed by atoms with Gasteiger partial charge in [0.05, 0.1) is 0 Å². The SMILES string of the molecule is Cc1cc(NCCS(C)=O)nc(Cl)n1. The highest BCUT2D eigenvalue weighted by molar-refractivity contribution is 7.84. The first-order valence-electron chi connectivity index (χ1n) is 4.13. The Balaban J connectivity index is 2.54. The summed E-state index contributed by atoms with van der Waals surface area (Å²) in [4.78, 5) is 7.91.